The predicted octanol–water partition coefficient (Wildman–Crippen LogP) is 5.37. The Bertz CT molecular complexity index is 661. The smallest absolute Gasteiger partial charge is 0.133 e. The SMILES string of the molecule is COc1ccc(C2C(c3ccc(C)c(C)c3)C2(Cl)Cl)cc1. The lowest BCUT2D eigenvalue weighted by atomic mass is 10.0. The van der Waals surface area contributed by atoms with E-state index in [9.17, 15) is 0 Å². The van der Waals surface area contributed by atoms with Gasteiger partial charge in [0.15, 0.2) is 0 Å². The summed E-state index contributed by atoms with van der Waals surface area (Å²) in [4.78, 5) is 0. The summed E-state index contributed by atoms with van der Waals surface area (Å²) < 4.78 is 4.47. The van der Waals surface area contributed by atoms with Crippen molar-refractivity contribution in [3.63, 3.8) is 0 Å². The first-order valence-corrected chi connectivity index (χ1v) is 7.79. The van der Waals surface area contributed by atoms with E-state index in [-0.39, 0.29) is 11.8 Å². The van der Waals surface area contributed by atoms with Crippen molar-refractivity contribution in [3.8, 4) is 5.75 Å². The Kier molecular flexibility index (Phi) is 3.67. The van der Waals surface area contributed by atoms with Gasteiger partial charge >= 0.3 is 0 Å². The highest BCUT2D eigenvalue weighted by molar-refractivity contribution is 6.52. The van der Waals surface area contributed by atoms with Crippen molar-refractivity contribution < 1.29 is 4.74 Å². The molecule has 21 heavy (non-hydrogen) atoms. The largest absolute Gasteiger partial charge is 0.497 e. The first kappa shape index (κ1) is 14.7. The van der Waals surface area contributed by atoms with Crippen LogP contribution in [0.5, 0.6) is 5.75 Å². The van der Waals surface area contributed by atoms with Crippen LogP contribution in [-0.4, -0.2) is 11.4 Å². The zero-order chi connectivity index (χ0) is 15.2. The van der Waals surface area contributed by atoms with Gasteiger partial charge in [0.05, 0.1) is 7.11 Å². The zero-order valence-electron chi connectivity index (χ0n) is 12.4. The molecule has 0 heterocycles. The van der Waals surface area contributed by atoms with Gasteiger partial charge in [0.1, 0.15) is 10.1 Å². The monoisotopic (exact) mass is 320 g/mol. The van der Waals surface area contributed by atoms with Gasteiger partial charge in [0, 0.05) is 11.8 Å². The number of benzene rings is 2. The molecule has 2 aromatic carbocycles. The molecule has 0 amide bonds. The topological polar surface area (TPSA) is 9.23 Å². The van der Waals surface area contributed by atoms with E-state index in [1.165, 1.54) is 16.7 Å². The highest BCUT2D eigenvalue weighted by Crippen LogP contribution is 2.70. The number of hydrogen-bond acceptors (Lipinski definition) is 1. The average molecular weight is 321 g/mol. The van der Waals surface area contributed by atoms with Crippen LogP contribution in [0.15, 0.2) is 42.5 Å². The lowest BCUT2D eigenvalue weighted by Crippen LogP contribution is -1.92. The van der Waals surface area contributed by atoms with Crippen molar-refractivity contribution in [1.29, 1.82) is 0 Å². The Labute approximate surface area is 135 Å². The van der Waals surface area contributed by atoms with Gasteiger partial charge in [0.2, 0.25) is 0 Å². The fourth-order valence-electron chi connectivity index (χ4n) is 2.93. The third kappa shape index (κ3) is 2.54. The zero-order valence-corrected chi connectivity index (χ0v) is 13.9. The molecule has 1 fully saturated rings. The van der Waals surface area contributed by atoms with Crippen molar-refractivity contribution in [2.24, 2.45) is 0 Å². The second-order valence-electron chi connectivity index (χ2n) is 5.75. The summed E-state index contributed by atoms with van der Waals surface area (Å²) in [5.74, 6) is 1.12. The molecule has 3 rings (SSSR count). The van der Waals surface area contributed by atoms with Crippen LogP contribution in [0.4, 0.5) is 0 Å². The molecule has 0 aliphatic heterocycles. The lowest BCUT2D eigenvalue weighted by Gasteiger charge is -2.05. The van der Waals surface area contributed by atoms with E-state index in [0.29, 0.717) is 0 Å². The van der Waals surface area contributed by atoms with Crippen LogP contribution < -0.4 is 4.74 Å². The summed E-state index contributed by atoms with van der Waals surface area (Å²) in [6.07, 6.45) is 0. The summed E-state index contributed by atoms with van der Waals surface area (Å²) in [5.41, 5.74) is 4.93. The third-order valence-corrected chi connectivity index (χ3v) is 5.36. The van der Waals surface area contributed by atoms with Gasteiger partial charge in [-0.15, -0.1) is 23.2 Å². The van der Waals surface area contributed by atoms with Gasteiger partial charge in [-0.1, -0.05) is 30.3 Å². The number of methoxy groups -OCH3 is 1. The Morgan fingerprint density at radius 2 is 1.43 bits per heavy atom. The minimum Gasteiger partial charge on any atom is -0.497 e. The molecule has 2 aromatic rings. The Hall–Kier alpha value is -1.18. The molecule has 0 saturated heterocycles. The maximum atomic E-state index is 6.54. The molecule has 0 spiro atoms. The van der Waals surface area contributed by atoms with E-state index in [1.54, 1.807) is 7.11 Å². The van der Waals surface area contributed by atoms with Crippen molar-refractivity contribution in [3.05, 3.63) is 64.7 Å². The summed E-state index contributed by atoms with van der Waals surface area (Å²) in [6.45, 7) is 4.23. The maximum Gasteiger partial charge on any atom is 0.133 e. The molecule has 0 bridgehead atoms. The van der Waals surface area contributed by atoms with E-state index >= 15 is 0 Å². The summed E-state index contributed by atoms with van der Waals surface area (Å²) >= 11 is 13.1. The van der Waals surface area contributed by atoms with Crippen LogP contribution in [0.1, 0.15) is 34.1 Å². The van der Waals surface area contributed by atoms with Crippen LogP contribution in [0, 0.1) is 13.8 Å². The number of aryl methyl sites for hydroxylation is 2. The van der Waals surface area contributed by atoms with Crippen molar-refractivity contribution in [1.82, 2.24) is 0 Å². The second-order valence-corrected chi connectivity index (χ2v) is 7.19. The molecule has 1 nitrogen and oxygen atoms in total. The van der Waals surface area contributed by atoms with E-state index in [1.807, 2.05) is 24.3 Å². The van der Waals surface area contributed by atoms with E-state index in [0.717, 1.165) is 11.3 Å². The second kappa shape index (κ2) is 5.23. The Balaban J connectivity index is 1.91. The molecular formula is C18H18Cl2O. The standard InChI is InChI=1S/C18H18Cl2O/c1-11-4-5-14(10-12(11)2)17-16(18(17,19)20)13-6-8-15(21-3)9-7-13/h4-10,16-17H,1-3H3. The Morgan fingerprint density at radius 3 is 2.00 bits per heavy atom. The first-order valence-electron chi connectivity index (χ1n) is 7.04. The molecule has 2 unspecified atom stereocenters. The molecule has 0 N–H and O–H groups in total. The third-order valence-electron chi connectivity index (χ3n) is 4.42. The molecule has 0 radical (unpaired) electrons. The molecule has 1 saturated carbocycles. The van der Waals surface area contributed by atoms with Crippen molar-refractivity contribution >= 4 is 23.2 Å². The lowest BCUT2D eigenvalue weighted by molar-refractivity contribution is 0.414. The average Bonchev–Trinajstić information content (AvgIpc) is 3.04. The van der Waals surface area contributed by atoms with Crippen molar-refractivity contribution in [2.75, 3.05) is 7.11 Å². The quantitative estimate of drug-likeness (QED) is 0.691. The number of halogens is 2. The van der Waals surface area contributed by atoms with Crippen LogP contribution >= 0.6 is 23.2 Å². The molecule has 110 valence electrons. The van der Waals surface area contributed by atoms with Gasteiger partial charge in [-0.25, -0.2) is 0 Å². The van der Waals surface area contributed by atoms with Gasteiger partial charge in [0.25, 0.3) is 0 Å². The molecule has 2 atom stereocenters. The minimum absolute atomic E-state index is 0.133. The van der Waals surface area contributed by atoms with Crippen LogP contribution in [0.25, 0.3) is 0 Å². The first-order chi connectivity index (χ1) is 9.95. The predicted molar refractivity (Wildman–Crippen MR) is 88.8 cm³/mol. The van der Waals surface area contributed by atoms with Gasteiger partial charge < -0.3 is 4.74 Å². The number of hydrogen-bond donors (Lipinski definition) is 0. The summed E-state index contributed by atoms with van der Waals surface area (Å²) in [6, 6.07) is 14.5. The fraction of sp³-hybridized carbons (Fsp3) is 0.333. The van der Waals surface area contributed by atoms with Crippen LogP contribution in [0.2, 0.25) is 0 Å². The van der Waals surface area contributed by atoms with E-state index in [2.05, 4.69) is 32.0 Å². The molecular weight excluding hydrogens is 303 g/mol. The minimum atomic E-state index is -0.726. The van der Waals surface area contributed by atoms with Crippen molar-refractivity contribution in [2.45, 2.75) is 30.0 Å². The van der Waals surface area contributed by atoms with Gasteiger partial charge in [-0.2, -0.15) is 0 Å². The molecule has 3 heteroatoms. The summed E-state index contributed by atoms with van der Waals surface area (Å²) in [5, 5.41) is 0. The van der Waals surface area contributed by atoms with Gasteiger partial charge in [-0.05, 0) is 48.2 Å². The summed E-state index contributed by atoms with van der Waals surface area (Å²) in [7, 11) is 1.66. The molecule has 1 aliphatic carbocycles. The Morgan fingerprint density at radius 1 is 0.857 bits per heavy atom. The molecule has 1 aliphatic rings. The normalized spacial score (nSPS) is 22.9. The van der Waals surface area contributed by atoms with Crippen LogP contribution in [-0.2, 0) is 0 Å². The maximum absolute atomic E-state index is 6.54. The van der Waals surface area contributed by atoms with Gasteiger partial charge in [-0.3, -0.25) is 0 Å². The highest BCUT2D eigenvalue weighted by Gasteiger charge is 2.64. The van der Waals surface area contributed by atoms with E-state index in [4.69, 9.17) is 27.9 Å². The number of rotatable bonds is 3. The number of ether oxygens (including phenoxy) is 1. The molecule has 0 aromatic heterocycles. The highest BCUT2D eigenvalue weighted by atomic mass is 35.5. The fourth-order valence-corrected chi connectivity index (χ4v) is 3.81. The number of alkyl halides is 2. The van der Waals surface area contributed by atoms with E-state index < -0.39 is 4.33 Å². The van der Waals surface area contributed by atoms with Crippen LogP contribution in [0.3, 0.4) is 0 Å².